The second-order valence-corrected chi connectivity index (χ2v) is 8.46. The van der Waals surface area contributed by atoms with Gasteiger partial charge in [-0.25, -0.2) is 0 Å². The molecule has 2 saturated heterocycles. The molecule has 2 aliphatic heterocycles. The van der Waals surface area contributed by atoms with Crippen molar-refractivity contribution in [3.63, 3.8) is 0 Å². The van der Waals surface area contributed by atoms with Gasteiger partial charge in [-0.2, -0.15) is 13.2 Å². The van der Waals surface area contributed by atoms with Crippen LogP contribution in [0.25, 0.3) is 0 Å². The van der Waals surface area contributed by atoms with Gasteiger partial charge in [0.15, 0.2) is 6.61 Å². The molecule has 0 saturated carbocycles. The molecule has 1 aliphatic carbocycles. The molecule has 12 heteroatoms. The van der Waals surface area contributed by atoms with Gasteiger partial charge in [0.25, 0.3) is 5.91 Å². The molecular formula is C23H24F3N3O6. The van der Waals surface area contributed by atoms with E-state index in [-0.39, 0.29) is 5.69 Å². The van der Waals surface area contributed by atoms with E-state index in [2.05, 4.69) is 5.32 Å². The van der Waals surface area contributed by atoms with Crippen LogP contribution in [-0.4, -0.2) is 68.0 Å². The molecule has 4 rings (SSSR count). The molecule has 9 nitrogen and oxygen atoms in total. The summed E-state index contributed by atoms with van der Waals surface area (Å²) in [5.74, 6) is -3.73. The number of fused-ring (bicyclic) bond motifs is 1. The third kappa shape index (κ3) is 5.47. The standard InChI is InChI=1S/C23H24F3N3O6/c24-23(25,26)14-5-6-18(28-7-9-34-10-8-28)17(11-14)27-19(30)13-35-20(31)12-29-21(32)15-3-1-2-4-16(15)22(29)33/h1-2,5-6,11,15-16H,3-4,7-10,12-13H2,(H,27,30)/t15-,16+. The van der Waals surface area contributed by atoms with E-state index in [0.717, 1.165) is 17.0 Å². The molecule has 1 aromatic rings. The highest BCUT2D eigenvalue weighted by Gasteiger charge is 2.47. The van der Waals surface area contributed by atoms with Crippen molar-refractivity contribution in [2.75, 3.05) is 49.7 Å². The summed E-state index contributed by atoms with van der Waals surface area (Å²) in [5, 5.41) is 2.37. The molecule has 2 atom stereocenters. The van der Waals surface area contributed by atoms with E-state index >= 15 is 0 Å². The van der Waals surface area contributed by atoms with Crippen LogP contribution in [-0.2, 0) is 34.8 Å². The number of hydrogen-bond acceptors (Lipinski definition) is 7. The average Bonchev–Trinajstić information content (AvgIpc) is 3.08. The van der Waals surface area contributed by atoms with Gasteiger partial charge in [0.05, 0.1) is 42.0 Å². The van der Waals surface area contributed by atoms with Crippen LogP contribution < -0.4 is 10.2 Å². The summed E-state index contributed by atoms with van der Waals surface area (Å²) < 4.78 is 49.8. The number of halogens is 3. The Balaban J connectivity index is 1.37. The van der Waals surface area contributed by atoms with E-state index in [1.165, 1.54) is 6.07 Å². The lowest BCUT2D eigenvalue weighted by Crippen LogP contribution is -2.38. The normalized spacial score (nSPS) is 22.3. The molecule has 188 valence electrons. The number of amides is 3. The first-order valence-electron chi connectivity index (χ1n) is 11.1. The van der Waals surface area contributed by atoms with Crippen LogP contribution in [0, 0.1) is 11.8 Å². The van der Waals surface area contributed by atoms with Crippen molar-refractivity contribution < 1.29 is 41.8 Å². The number of hydrogen-bond donors (Lipinski definition) is 1. The Morgan fingerprint density at radius 1 is 1.06 bits per heavy atom. The number of imide groups is 1. The predicted octanol–water partition coefficient (Wildman–Crippen LogP) is 1.97. The Morgan fingerprint density at radius 2 is 1.69 bits per heavy atom. The highest BCUT2D eigenvalue weighted by Crippen LogP contribution is 2.36. The number of nitrogens with one attached hydrogen (secondary N) is 1. The SMILES string of the molecule is O=C(COC(=O)CN1C(=O)[C@H]2CC=CC[C@H]2C1=O)Nc1cc(C(F)(F)F)ccc1N1CCOCC1. The molecule has 0 radical (unpaired) electrons. The highest BCUT2D eigenvalue weighted by atomic mass is 19.4. The zero-order valence-electron chi connectivity index (χ0n) is 18.7. The summed E-state index contributed by atoms with van der Waals surface area (Å²) in [5.41, 5.74) is -0.640. The number of likely N-dealkylation sites (tertiary alicyclic amines) is 1. The minimum atomic E-state index is -4.61. The summed E-state index contributed by atoms with van der Waals surface area (Å²) in [6, 6.07) is 3.02. The Bertz CT molecular complexity index is 1030. The van der Waals surface area contributed by atoms with Crippen molar-refractivity contribution in [1.29, 1.82) is 0 Å². The molecule has 0 spiro atoms. The molecule has 1 aromatic carbocycles. The Hall–Kier alpha value is -3.41. The highest BCUT2D eigenvalue weighted by molar-refractivity contribution is 6.07. The maximum atomic E-state index is 13.2. The van der Waals surface area contributed by atoms with Gasteiger partial charge in [0.2, 0.25) is 11.8 Å². The number of morpholine rings is 1. The van der Waals surface area contributed by atoms with E-state index in [1.54, 1.807) is 4.90 Å². The third-order valence-electron chi connectivity index (χ3n) is 6.20. The van der Waals surface area contributed by atoms with Gasteiger partial charge >= 0.3 is 12.1 Å². The van der Waals surface area contributed by atoms with Gasteiger partial charge in [0, 0.05) is 13.1 Å². The van der Waals surface area contributed by atoms with E-state index in [0.29, 0.717) is 44.8 Å². The third-order valence-corrected chi connectivity index (χ3v) is 6.20. The molecule has 2 heterocycles. The van der Waals surface area contributed by atoms with Crippen LogP contribution >= 0.6 is 0 Å². The van der Waals surface area contributed by atoms with Crippen LogP contribution in [0.3, 0.4) is 0 Å². The molecule has 0 aromatic heterocycles. The van der Waals surface area contributed by atoms with E-state index in [1.807, 2.05) is 12.2 Å². The molecular weight excluding hydrogens is 471 g/mol. The number of allylic oxidation sites excluding steroid dienone is 2. The fourth-order valence-corrected chi connectivity index (χ4v) is 4.42. The first-order chi connectivity index (χ1) is 16.6. The van der Waals surface area contributed by atoms with Crippen molar-refractivity contribution in [3.05, 3.63) is 35.9 Å². The van der Waals surface area contributed by atoms with Crippen molar-refractivity contribution in [1.82, 2.24) is 4.90 Å². The van der Waals surface area contributed by atoms with Gasteiger partial charge in [-0.15, -0.1) is 0 Å². The monoisotopic (exact) mass is 495 g/mol. The first-order valence-corrected chi connectivity index (χ1v) is 11.1. The van der Waals surface area contributed by atoms with Crippen molar-refractivity contribution in [2.24, 2.45) is 11.8 Å². The molecule has 35 heavy (non-hydrogen) atoms. The Morgan fingerprint density at radius 3 is 2.29 bits per heavy atom. The van der Waals surface area contributed by atoms with E-state index < -0.39 is 60.4 Å². The summed E-state index contributed by atoms with van der Waals surface area (Å²) in [6.45, 7) is 0.218. The quantitative estimate of drug-likeness (QED) is 0.366. The number of anilines is 2. The van der Waals surface area contributed by atoms with Crippen molar-refractivity contribution in [2.45, 2.75) is 19.0 Å². The van der Waals surface area contributed by atoms with Crippen LogP contribution in [0.4, 0.5) is 24.5 Å². The second-order valence-electron chi connectivity index (χ2n) is 8.46. The number of alkyl halides is 3. The lowest BCUT2D eigenvalue weighted by atomic mass is 9.85. The van der Waals surface area contributed by atoms with Gasteiger partial charge in [-0.3, -0.25) is 24.1 Å². The summed E-state index contributed by atoms with van der Waals surface area (Å²) in [4.78, 5) is 52.1. The average molecular weight is 495 g/mol. The number of benzene rings is 1. The lowest BCUT2D eigenvalue weighted by Gasteiger charge is -2.31. The maximum absolute atomic E-state index is 13.2. The van der Waals surface area contributed by atoms with Crippen molar-refractivity contribution >= 4 is 35.1 Å². The minimum absolute atomic E-state index is 0.0794. The van der Waals surface area contributed by atoms with Gasteiger partial charge < -0.3 is 19.7 Å². The number of esters is 1. The fraction of sp³-hybridized carbons (Fsp3) is 0.478. The van der Waals surface area contributed by atoms with Crippen LogP contribution in [0.2, 0.25) is 0 Å². The van der Waals surface area contributed by atoms with Gasteiger partial charge in [0.1, 0.15) is 6.54 Å². The summed E-state index contributed by atoms with van der Waals surface area (Å²) in [7, 11) is 0. The Labute approximate surface area is 198 Å². The van der Waals surface area contributed by atoms with Crippen LogP contribution in [0.5, 0.6) is 0 Å². The minimum Gasteiger partial charge on any atom is -0.454 e. The molecule has 2 fully saturated rings. The van der Waals surface area contributed by atoms with Crippen LogP contribution in [0.1, 0.15) is 18.4 Å². The topological polar surface area (TPSA) is 105 Å². The zero-order valence-corrected chi connectivity index (χ0v) is 18.7. The number of nitrogens with zero attached hydrogens (tertiary/aromatic N) is 2. The fourth-order valence-electron chi connectivity index (χ4n) is 4.42. The number of ether oxygens (including phenoxy) is 2. The number of carbonyl (C=O) groups is 4. The van der Waals surface area contributed by atoms with Crippen molar-refractivity contribution in [3.8, 4) is 0 Å². The summed E-state index contributed by atoms with van der Waals surface area (Å²) >= 11 is 0. The molecule has 0 unspecified atom stereocenters. The number of rotatable bonds is 6. The van der Waals surface area contributed by atoms with E-state index in [4.69, 9.17) is 9.47 Å². The van der Waals surface area contributed by atoms with Crippen LogP contribution in [0.15, 0.2) is 30.4 Å². The largest absolute Gasteiger partial charge is 0.454 e. The number of carbonyl (C=O) groups excluding carboxylic acids is 4. The molecule has 3 amide bonds. The predicted molar refractivity (Wildman–Crippen MR) is 116 cm³/mol. The molecule has 3 aliphatic rings. The van der Waals surface area contributed by atoms with Gasteiger partial charge in [-0.05, 0) is 31.0 Å². The zero-order chi connectivity index (χ0) is 25.2. The van der Waals surface area contributed by atoms with E-state index in [9.17, 15) is 32.3 Å². The Kier molecular flexibility index (Phi) is 7.10. The molecule has 1 N–H and O–H groups in total. The second kappa shape index (κ2) is 10.1. The summed E-state index contributed by atoms with van der Waals surface area (Å²) in [6.07, 6.45) is -0.136. The van der Waals surface area contributed by atoms with Gasteiger partial charge in [-0.1, -0.05) is 12.2 Å². The maximum Gasteiger partial charge on any atom is 0.416 e. The lowest BCUT2D eigenvalue weighted by molar-refractivity contribution is -0.154. The smallest absolute Gasteiger partial charge is 0.416 e. The first kappa shape index (κ1) is 24.7. The molecule has 0 bridgehead atoms.